The SMILES string of the molecule is COc1ccc(C(CNC(=O)c2ccccc2OCc2c(C)noc2C)N2CCCC2)cc1. The third-order valence-electron chi connectivity index (χ3n) is 6.22. The topological polar surface area (TPSA) is 76.8 Å². The van der Waals surface area contributed by atoms with E-state index in [1.165, 1.54) is 18.4 Å². The molecule has 0 saturated carbocycles. The zero-order valence-corrected chi connectivity index (χ0v) is 19.5. The molecule has 0 bridgehead atoms. The van der Waals surface area contributed by atoms with Crippen LogP contribution in [0.15, 0.2) is 53.1 Å². The molecule has 1 aliphatic rings. The minimum Gasteiger partial charge on any atom is -0.497 e. The van der Waals surface area contributed by atoms with Gasteiger partial charge in [-0.2, -0.15) is 0 Å². The number of methoxy groups -OCH3 is 1. The van der Waals surface area contributed by atoms with E-state index in [1.54, 1.807) is 13.2 Å². The molecule has 1 N–H and O–H groups in total. The molecule has 174 valence electrons. The van der Waals surface area contributed by atoms with Crippen LogP contribution in [0.4, 0.5) is 0 Å². The summed E-state index contributed by atoms with van der Waals surface area (Å²) < 4.78 is 16.5. The van der Waals surface area contributed by atoms with E-state index in [-0.39, 0.29) is 11.9 Å². The smallest absolute Gasteiger partial charge is 0.255 e. The van der Waals surface area contributed by atoms with Crippen molar-refractivity contribution in [3.05, 3.63) is 76.7 Å². The maximum Gasteiger partial charge on any atom is 0.255 e. The lowest BCUT2D eigenvalue weighted by atomic mass is 10.0. The second kappa shape index (κ2) is 10.5. The van der Waals surface area contributed by atoms with Crippen molar-refractivity contribution in [1.29, 1.82) is 0 Å². The first-order chi connectivity index (χ1) is 16.1. The molecule has 0 spiro atoms. The third-order valence-corrected chi connectivity index (χ3v) is 6.22. The van der Waals surface area contributed by atoms with Crippen molar-refractivity contribution in [1.82, 2.24) is 15.4 Å². The summed E-state index contributed by atoms with van der Waals surface area (Å²) in [4.78, 5) is 15.6. The number of hydrogen-bond acceptors (Lipinski definition) is 6. The Labute approximate surface area is 194 Å². The summed E-state index contributed by atoms with van der Waals surface area (Å²) in [6.45, 7) is 6.62. The van der Waals surface area contributed by atoms with Crippen LogP contribution in [0.25, 0.3) is 0 Å². The minimum absolute atomic E-state index is 0.109. The summed E-state index contributed by atoms with van der Waals surface area (Å²) in [5.74, 6) is 1.94. The van der Waals surface area contributed by atoms with Crippen LogP contribution in [0.2, 0.25) is 0 Å². The molecule has 1 fully saturated rings. The summed E-state index contributed by atoms with van der Waals surface area (Å²) in [6.07, 6.45) is 2.36. The highest BCUT2D eigenvalue weighted by Crippen LogP contribution is 2.27. The van der Waals surface area contributed by atoms with Gasteiger partial charge in [0.2, 0.25) is 0 Å². The van der Waals surface area contributed by atoms with Crippen LogP contribution in [0.5, 0.6) is 11.5 Å². The number of benzene rings is 2. The summed E-state index contributed by atoms with van der Waals surface area (Å²) in [6, 6.07) is 15.5. The molecule has 1 saturated heterocycles. The van der Waals surface area contributed by atoms with Gasteiger partial charge in [0.05, 0.1) is 30.0 Å². The Morgan fingerprint density at radius 1 is 1.12 bits per heavy atom. The first kappa shape index (κ1) is 22.9. The van der Waals surface area contributed by atoms with Crippen molar-refractivity contribution in [2.45, 2.75) is 39.3 Å². The molecule has 4 rings (SSSR count). The number of carbonyl (C=O) groups is 1. The van der Waals surface area contributed by atoms with E-state index in [4.69, 9.17) is 14.0 Å². The van der Waals surface area contributed by atoms with Crippen molar-refractivity contribution in [2.75, 3.05) is 26.7 Å². The quantitative estimate of drug-likeness (QED) is 0.520. The highest BCUT2D eigenvalue weighted by molar-refractivity contribution is 5.96. The molecule has 2 aromatic carbocycles. The lowest BCUT2D eigenvalue weighted by molar-refractivity contribution is 0.0933. The van der Waals surface area contributed by atoms with Crippen molar-refractivity contribution in [2.24, 2.45) is 0 Å². The van der Waals surface area contributed by atoms with E-state index in [0.29, 0.717) is 24.5 Å². The summed E-state index contributed by atoms with van der Waals surface area (Å²) in [5.41, 5.74) is 3.38. The van der Waals surface area contributed by atoms with Crippen LogP contribution in [0, 0.1) is 13.8 Å². The number of rotatable bonds is 9. The van der Waals surface area contributed by atoms with E-state index < -0.39 is 0 Å². The van der Waals surface area contributed by atoms with Gasteiger partial charge in [-0.1, -0.05) is 29.4 Å². The summed E-state index contributed by atoms with van der Waals surface area (Å²) in [5, 5.41) is 7.10. The molecule has 7 heteroatoms. The van der Waals surface area contributed by atoms with Gasteiger partial charge in [0.25, 0.3) is 5.91 Å². The number of para-hydroxylation sites is 1. The fourth-order valence-electron chi connectivity index (χ4n) is 4.26. The van der Waals surface area contributed by atoms with Gasteiger partial charge in [-0.3, -0.25) is 9.69 Å². The van der Waals surface area contributed by atoms with Gasteiger partial charge >= 0.3 is 0 Å². The van der Waals surface area contributed by atoms with Gasteiger partial charge in [-0.05, 0) is 69.6 Å². The average molecular weight is 450 g/mol. The number of likely N-dealkylation sites (tertiary alicyclic amines) is 1. The Morgan fingerprint density at radius 2 is 1.85 bits per heavy atom. The summed E-state index contributed by atoms with van der Waals surface area (Å²) in [7, 11) is 1.67. The molecule has 1 amide bonds. The Hall–Kier alpha value is -3.32. The third kappa shape index (κ3) is 5.37. The van der Waals surface area contributed by atoms with Crippen LogP contribution >= 0.6 is 0 Å². The molecule has 7 nitrogen and oxygen atoms in total. The Morgan fingerprint density at radius 3 is 2.52 bits per heavy atom. The highest BCUT2D eigenvalue weighted by Gasteiger charge is 2.25. The predicted octanol–water partition coefficient (Wildman–Crippen LogP) is 4.45. The number of aromatic nitrogens is 1. The number of nitrogens with one attached hydrogen (secondary N) is 1. The van der Waals surface area contributed by atoms with Gasteiger partial charge < -0.3 is 19.3 Å². The predicted molar refractivity (Wildman–Crippen MR) is 126 cm³/mol. The fourth-order valence-corrected chi connectivity index (χ4v) is 4.26. The van der Waals surface area contributed by atoms with Gasteiger partial charge in [0.15, 0.2) is 0 Å². The number of carbonyl (C=O) groups excluding carboxylic acids is 1. The molecule has 0 radical (unpaired) electrons. The van der Waals surface area contributed by atoms with E-state index in [9.17, 15) is 4.79 Å². The fraction of sp³-hybridized carbons (Fsp3) is 0.385. The number of nitrogens with zero attached hydrogens (tertiary/aromatic N) is 2. The molecule has 1 aromatic heterocycles. The van der Waals surface area contributed by atoms with Gasteiger partial charge in [0, 0.05) is 6.54 Å². The van der Waals surface area contributed by atoms with E-state index in [0.717, 1.165) is 35.9 Å². The maximum absolute atomic E-state index is 13.2. The average Bonchev–Trinajstić information content (AvgIpc) is 3.48. The Bertz CT molecular complexity index is 1050. The first-order valence-corrected chi connectivity index (χ1v) is 11.4. The standard InChI is InChI=1S/C26H31N3O4/c1-18-23(19(2)33-28-18)17-32-25-9-5-4-8-22(25)26(30)27-16-24(29-14-6-7-15-29)20-10-12-21(31-3)13-11-20/h4-5,8-13,24H,6-7,14-17H2,1-3H3,(H,27,30). The molecule has 2 heterocycles. The molecule has 33 heavy (non-hydrogen) atoms. The van der Waals surface area contributed by atoms with E-state index >= 15 is 0 Å². The van der Waals surface area contributed by atoms with E-state index in [1.807, 2.05) is 44.2 Å². The first-order valence-electron chi connectivity index (χ1n) is 11.4. The van der Waals surface area contributed by atoms with Crippen LogP contribution in [-0.2, 0) is 6.61 Å². The number of aryl methyl sites for hydroxylation is 2. The van der Waals surface area contributed by atoms with Crippen LogP contribution in [0.1, 0.15) is 51.8 Å². The second-order valence-electron chi connectivity index (χ2n) is 8.33. The number of amides is 1. The number of hydrogen-bond donors (Lipinski definition) is 1. The Kier molecular flexibility index (Phi) is 7.29. The normalized spacial score (nSPS) is 14.8. The lowest BCUT2D eigenvalue weighted by Gasteiger charge is -2.28. The zero-order chi connectivity index (χ0) is 23.2. The van der Waals surface area contributed by atoms with Crippen LogP contribution in [0.3, 0.4) is 0 Å². The van der Waals surface area contributed by atoms with Crippen LogP contribution in [-0.4, -0.2) is 42.7 Å². The monoisotopic (exact) mass is 449 g/mol. The number of ether oxygens (including phenoxy) is 2. The lowest BCUT2D eigenvalue weighted by Crippen LogP contribution is -2.36. The molecule has 1 aliphatic heterocycles. The van der Waals surface area contributed by atoms with Crippen molar-refractivity contribution in [3.63, 3.8) is 0 Å². The molecule has 0 aliphatic carbocycles. The maximum atomic E-state index is 13.2. The Balaban J connectivity index is 1.46. The van der Waals surface area contributed by atoms with Crippen molar-refractivity contribution >= 4 is 5.91 Å². The van der Waals surface area contributed by atoms with Gasteiger partial charge in [0.1, 0.15) is 23.9 Å². The minimum atomic E-state index is -0.151. The largest absolute Gasteiger partial charge is 0.497 e. The molecule has 3 aromatic rings. The van der Waals surface area contributed by atoms with E-state index in [2.05, 4.69) is 27.5 Å². The highest BCUT2D eigenvalue weighted by atomic mass is 16.5. The van der Waals surface area contributed by atoms with Crippen LogP contribution < -0.4 is 14.8 Å². The zero-order valence-electron chi connectivity index (χ0n) is 19.5. The summed E-state index contributed by atoms with van der Waals surface area (Å²) >= 11 is 0. The van der Waals surface area contributed by atoms with Crippen molar-refractivity contribution < 1.29 is 18.8 Å². The molecular formula is C26H31N3O4. The van der Waals surface area contributed by atoms with Crippen molar-refractivity contribution in [3.8, 4) is 11.5 Å². The van der Waals surface area contributed by atoms with Gasteiger partial charge in [-0.25, -0.2) is 0 Å². The molecule has 1 unspecified atom stereocenters. The van der Waals surface area contributed by atoms with Gasteiger partial charge in [-0.15, -0.1) is 0 Å². The molecule has 1 atom stereocenters. The molecular weight excluding hydrogens is 418 g/mol. The second-order valence-corrected chi connectivity index (χ2v) is 8.33.